The Kier molecular flexibility index (Phi) is 4.20. The van der Waals surface area contributed by atoms with Crippen molar-refractivity contribution in [2.45, 2.75) is 37.8 Å². The van der Waals surface area contributed by atoms with Crippen LogP contribution >= 0.6 is 0 Å². The van der Waals surface area contributed by atoms with E-state index in [9.17, 15) is 4.79 Å². The van der Waals surface area contributed by atoms with Crippen molar-refractivity contribution in [1.29, 1.82) is 0 Å². The quantitative estimate of drug-likeness (QED) is 0.811. The fraction of sp³-hybridized carbons (Fsp3) is 0.500. The van der Waals surface area contributed by atoms with Crippen LogP contribution in [0, 0.1) is 0 Å². The molecule has 18 heavy (non-hydrogen) atoms. The molecule has 98 valence electrons. The van der Waals surface area contributed by atoms with Crippen molar-refractivity contribution in [3.63, 3.8) is 0 Å². The summed E-state index contributed by atoms with van der Waals surface area (Å²) in [6, 6.07) is 9.68. The maximum Gasteiger partial charge on any atom is 0.407 e. The van der Waals surface area contributed by atoms with Crippen molar-refractivity contribution in [1.82, 2.24) is 5.32 Å². The van der Waals surface area contributed by atoms with Gasteiger partial charge >= 0.3 is 6.09 Å². The minimum Gasteiger partial charge on any atom is -0.445 e. The van der Waals surface area contributed by atoms with Crippen LogP contribution in [0.4, 0.5) is 4.79 Å². The van der Waals surface area contributed by atoms with Gasteiger partial charge in [-0.2, -0.15) is 0 Å². The Morgan fingerprint density at radius 3 is 2.67 bits per heavy atom. The summed E-state index contributed by atoms with van der Waals surface area (Å²) in [7, 11) is 0. The lowest BCUT2D eigenvalue weighted by molar-refractivity contribution is 0.133. The van der Waals surface area contributed by atoms with E-state index in [4.69, 9.17) is 10.5 Å². The molecule has 0 atom stereocenters. The predicted octanol–water partition coefficient (Wildman–Crippen LogP) is 2.18. The largest absolute Gasteiger partial charge is 0.445 e. The minimum absolute atomic E-state index is 0.0346. The molecule has 0 aromatic heterocycles. The van der Waals surface area contributed by atoms with Gasteiger partial charge < -0.3 is 15.8 Å². The van der Waals surface area contributed by atoms with Crippen LogP contribution in [0.3, 0.4) is 0 Å². The van der Waals surface area contributed by atoms with Gasteiger partial charge in [-0.15, -0.1) is 0 Å². The van der Waals surface area contributed by atoms with Gasteiger partial charge in [0.15, 0.2) is 0 Å². The summed E-state index contributed by atoms with van der Waals surface area (Å²) in [5.74, 6) is 0. The molecule has 1 amide bonds. The van der Waals surface area contributed by atoms with E-state index in [0.717, 1.165) is 31.2 Å². The summed E-state index contributed by atoms with van der Waals surface area (Å²) in [6.07, 6.45) is 3.64. The molecule has 4 heteroatoms. The fourth-order valence-corrected chi connectivity index (χ4v) is 2.00. The molecule has 1 aliphatic rings. The fourth-order valence-electron chi connectivity index (χ4n) is 2.00. The van der Waals surface area contributed by atoms with Gasteiger partial charge in [0.2, 0.25) is 0 Å². The first kappa shape index (κ1) is 12.9. The van der Waals surface area contributed by atoms with Crippen molar-refractivity contribution in [3.8, 4) is 0 Å². The van der Waals surface area contributed by atoms with Crippen molar-refractivity contribution in [3.05, 3.63) is 35.9 Å². The van der Waals surface area contributed by atoms with Gasteiger partial charge in [0.1, 0.15) is 6.61 Å². The van der Waals surface area contributed by atoms with E-state index < -0.39 is 0 Å². The maximum atomic E-state index is 11.7. The Morgan fingerprint density at radius 1 is 1.33 bits per heavy atom. The summed E-state index contributed by atoms with van der Waals surface area (Å²) in [5, 5.41) is 2.96. The lowest BCUT2D eigenvalue weighted by Crippen LogP contribution is -2.37. The number of benzene rings is 1. The zero-order valence-corrected chi connectivity index (χ0v) is 10.5. The highest BCUT2D eigenvalue weighted by Crippen LogP contribution is 2.39. The van der Waals surface area contributed by atoms with Crippen molar-refractivity contribution < 1.29 is 9.53 Å². The lowest BCUT2D eigenvalue weighted by atomic mass is 10.1. The van der Waals surface area contributed by atoms with Crippen LogP contribution in [-0.4, -0.2) is 18.2 Å². The van der Waals surface area contributed by atoms with Crippen LogP contribution in [0.15, 0.2) is 30.3 Å². The Labute approximate surface area is 108 Å². The molecule has 1 fully saturated rings. The van der Waals surface area contributed by atoms with Crippen molar-refractivity contribution in [2.24, 2.45) is 5.73 Å². The van der Waals surface area contributed by atoms with Crippen LogP contribution in [0.5, 0.6) is 0 Å². The number of carbonyl (C=O) groups is 1. The topological polar surface area (TPSA) is 64.3 Å². The number of nitrogens with one attached hydrogen (secondary N) is 1. The molecule has 1 aliphatic carbocycles. The van der Waals surface area contributed by atoms with Crippen LogP contribution < -0.4 is 11.1 Å². The van der Waals surface area contributed by atoms with Crippen molar-refractivity contribution >= 4 is 6.09 Å². The van der Waals surface area contributed by atoms with Gasteiger partial charge in [0, 0.05) is 5.54 Å². The molecular formula is C14H20N2O2. The van der Waals surface area contributed by atoms with Crippen LogP contribution in [0.25, 0.3) is 0 Å². The zero-order valence-electron chi connectivity index (χ0n) is 10.5. The summed E-state index contributed by atoms with van der Waals surface area (Å²) < 4.78 is 5.20. The molecule has 4 nitrogen and oxygen atoms in total. The van der Waals surface area contributed by atoms with E-state index >= 15 is 0 Å². The number of hydrogen-bond donors (Lipinski definition) is 2. The predicted molar refractivity (Wildman–Crippen MR) is 70.0 cm³/mol. The number of amides is 1. The number of rotatable bonds is 6. The van der Waals surface area contributed by atoms with E-state index in [1.807, 2.05) is 30.3 Å². The molecule has 2 rings (SSSR count). The number of alkyl carbamates (subject to hydrolysis) is 1. The molecule has 0 radical (unpaired) electrons. The second-order valence-corrected chi connectivity index (χ2v) is 4.86. The van der Waals surface area contributed by atoms with Gasteiger partial charge in [-0.1, -0.05) is 30.3 Å². The highest BCUT2D eigenvalue weighted by atomic mass is 16.5. The second-order valence-electron chi connectivity index (χ2n) is 4.86. The molecule has 1 aromatic carbocycles. The Hall–Kier alpha value is -1.55. The van der Waals surface area contributed by atoms with Gasteiger partial charge in [-0.25, -0.2) is 4.79 Å². The molecule has 0 heterocycles. The third kappa shape index (κ3) is 3.74. The molecule has 3 N–H and O–H groups in total. The van der Waals surface area contributed by atoms with Gasteiger partial charge in [0.25, 0.3) is 0 Å². The van der Waals surface area contributed by atoms with Gasteiger partial charge in [-0.3, -0.25) is 0 Å². The Morgan fingerprint density at radius 2 is 2.06 bits per heavy atom. The molecule has 1 saturated carbocycles. The molecule has 0 unspecified atom stereocenters. The molecule has 0 spiro atoms. The first-order valence-corrected chi connectivity index (χ1v) is 6.43. The van der Waals surface area contributed by atoms with Crippen LogP contribution in [-0.2, 0) is 11.3 Å². The summed E-state index contributed by atoms with van der Waals surface area (Å²) >= 11 is 0. The molecule has 1 aromatic rings. The number of hydrogen-bond acceptors (Lipinski definition) is 3. The Balaban J connectivity index is 1.72. The molecular weight excluding hydrogens is 228 g/mol. The molecule has 0 bridgehead atoms. The summed E-state index contributed by atoms with van der Waals surface area (Å²) in [5.41, 5.74) is 6.45. The highest BCUT2D eigenvalue weighted by Gasteiger charge is 2.43. The smallest absolute Gasteiger partial charge is 0.407 e. The number of nitrogens with two attached hydrogens (primary N) is 1. The Bertz CT molecular complexity index is 388. The number of ether oxygens (including phenoxy) is 1. The standard InChI is InChI=1S/C14H20N2O2/c15-10-4-7-14(8-9-14)16-13(17)18-11-12-5-2-1-3-6-12/h1-3,5-6H,4,7-11,15H2,(H,16,17). The van der Waals surface area contributed by atoms with Crippen LogP contribution in [0.1, 0.15) is 31.2 Å². The monoisotopic (exact) mass is 248 g/mol. The number of carbonyl (C=O) groups excluding carboxylic acids is 1. The zero-order chi connectivity index (χ0) is 12.8. The van der Waals surface area contributed by atoms with E-state index in [2.05, 4.69) is 5.32 Å². The van der Waals surface area contributed by atoms with Crippen LogP contribution in [0.2, 0.25) is 0 Å². The van der Waals surface area contributed by atoms with Gasteiger partial charge in [-0.05, 0) is 37.8 Å². The normalized spacial score (nSPS) is 16.1. The van der Waals surface area contributed by atoms with Gasteiger partial charge in [0.05, 0.1) is 0 Å². The third-order valence-corrected chi connectivity index (χ3v) is 3.29. The van der Waals surface area contributed by atoms with E-state index in [-0.39, 0.29) is 11.6 Å². The second kappa shape index (κ2) is 5.87. The SMILES string of the molecule is NCCCC1(NC(=O)OCc2ccccc2)CC1. The van der Waals surface area contributed by atoms with E-state index in [0.29, 0.717) is 13.2 Å². The first-order valence-electron chi connectivity index (χ1n) is 6.43. The highest BCUT2D eigenvalue weighted by molar-refractivity contribution is 5.69. The average Bonchev–Trinajstić information content (AvgIpc) is 3.15. The molecule has 0 aliphatic heterocycles. The van der Waals surface area contributed by atoms with Crippen molar-refractivity contribution in [2.75, 3.05) is 6.54 Å². The maximum absolute atomic E-state index is 11.7. The lowest BCUT2D eigenvalue weighted by Gasteiger charge is -2.16. The van der Waals surface area contributed by atoms with E-state index in [1.54, 1.807) is 0 Å². The molecule has 0 saturated heterocycles. The summed E-state index contributed by atoms with van der Waals surface area (Å²) in [4.78, 5) is 11.7. The third-order valence-electron chi connectivity index (χ3n) is 3.29. The average molecular weight is 248 g/mol. The van der Waals surface area contributed by atoms with E-state index in [1.165, 1.54) is 0 Å². The summed E-state index contributed by atoms with van der Waals surface area (Å²) in [6.45, 7) is 0.988. The minimum atomic E-state index is -0.326. The first-order chi connectivity index (χ1) is 8.74.